The molecule has 6 aromatic rings. The van der Waals surface area contributed by atoms with E-state index < -0.39 is 31.7 Å². The quantitative estimate of drug-likeness (QED) is 0.147. The number of rotatable bonds is 10. The highest BCUT2D eigenvalue weighted by Gasteiger charge is 2.35. The molecule has 2 fully saturated rings. The zero-order valence-corrected chi connectivity index (χ0v) is 40.1. The average molecular weight is 966 g/mol. The summed E-state index contributed by atoms with van der Waals surface area (Å²) in [6.07, 6.45) is -0.461. The molecule has 2 aromatic heterocycles. The van der Waals surface area contributed by atoms with Gasteiger partial charge in [0.15, 0.2) is 0 Å². The molecule has 66 heavy (non-hydrogen) atoms. The molecular formula is C43H53ClN12O8S2. The molecule has 1 amide bonds. The number of amides is 1. The van der Waals surface area contributed by atoms with Crippen molar-refractivity contribution >= 4 is 38.5 Å². The summed E-state index contributed by atoms with van der Waals surface area (Å²) in [6.45, 7) is 15.9. The number of sulfonamides is 2. The third-order valence-corrected chi connectivity index (χ3v) is 14.0. The maximum atomic E-state index is 13.8. The van der Waals surface area contributed by atoms with Gasteiger partial charge in [0.1, 0.15) is 38.4 Å². The van der Waals surface area contributed by atoms with Crippen LogP contribution < -0.4 is 14.8 Å². The highest BCUT2D eigenvalue weighted by molar-refractivity contribution is 7.89. The maximum Gasteiger partial charge on any atom is 0.410 e. The largest absolute Gasteiger partial charge is 0.456 e. The van der Waals surface area contributed by atoms with E-state index in [0.717, 1.165) is 22.3 Å². The first-order valence-corrected chi connectivity index (χ1v) is 23.7. The van der Waals surface area contributed by atoms with Crippen molar-refractivity contribution in [2.24, 2.45) is 0 Å². The number of benzene rings is 4. The average Bonchev–Trinajstić information content (AvgIpc) is 4.00. The Bertz CT molecular complexity index is 2810. The lowest BCUT2D eigenvalue weighted by Crippen LogP contribution is -2.51. The number of H-pyrrole nitrogens is 2. The van der Waals surface area contributed by atoms with Crippen LogP contribution in [0.15, 0.2) is 82.6 Å². The minimum atomic E-state index is -3.99. The van der Waals surface area contributed by atoms with Gasteiger partial charge in [0, 0.05) is 63.5 Å². The predicted molar refractivity (Wildman–Crippen MR) is 247 cm³/mol. The third-order valence-electron chi connectivity index (χ3n) is 10.1. The van der Waals surface area contributed by atoms with Gasteiger partial charge in [-0.05, 0) is 142 Å². The monoisotopic (exact) mass is 964 g/mol. The molecule has 23 heteroatoms. The fourth-order valence-electron chi connectivity index (χ4n) is 7.27. The highest BCUT2D eigenvalue weighted by Crippen LogP contribution is 2.36. The molecule has 0 unspecified atom stereocenters. The van der Waals surface area contributed by atoms with Crippen LogP contribution in [0, 0.1) is 27.7 Å². The fraction of sp³-hybridized carbons (Fsp3) is 0.372. The van der Waals surface area contributed by atoms with E-state index in [4.69, 9.17) is 14.2 Å². The number of nitrogens with one attached hydrogen (secondary N) is 3. The molecule has 2 aliphatic rings. The topological polar surface area (TPSA) is 244 Å². The normalized spacial score (nSPS) is 15.0. The number of hydrogen-bond acceptors (Lipinski definition) is 15. The van der Waals surface area contributed by atoms with Crippen molar-refractivity contribution in [2.45, 2.75) is 63.9 Å². The van der Waals surface area contributed by atoms with E-state index >= 15 is 0 Å². The van der Waals surface area contributed by atoms with Crippen LogP contribution in [0.2, 0.25) is 0 Å². The summed E-state index contributed by atoms with van der Waals surface area (Å²) in [5, 5.41) is 30.9. The van der Waals surface area contributed by atoms with E-state index in [1.165, 1.54) is 19.6 Å². The van der Waals surface area contributed by atoms with E-state index in [9.17, 15) is 21.6 Å². The van der Waals surface area contributed by atoms with Crippen molar-refractivity contribution in [3.63, 3.8) is 0 Å². The van der Waals surface area contributed by atoms with Gasteiger partial charge in [0.05, 0.1) is 0 Å². The second-order valence-electron chi connectivity index (χ2n) is 16.7. The Hall–Kier alpha value is -6.04. The zero-order chi connectivity index (χ0) is 46.5. The summed E-state index contributed by atoms with van der Waals surface area (Å²) in [5.74, 6) is 2.15. The molecule has 8 rings (SSSR count). The van der Waals surface area contributed by atoms with Gasteiger partial charge >= 0.3 is 6.09 Å². The van der Waals surface area contributed by atoms with Crippen molar-refractivity contribution in [1.82, 2.24) is 60.1 Å². The summed E-state index contributed by atoms with van der Waals surface area (Å²) < 4.78 is 74.8. The summed E-state index contributed by atoms with van der Waals surface area (Å²) in [4.78, 5) is 14.0. The second-order valence-corrected chi connectivity index (χ2v) is 20.5. The van der Waals surface area contributed by atoms with Crippen LogP contribution in [0.5, 0.6) is 23.0 Å². The van der Waals surface area contributed by atoms with E-state index in [0.29, 0.717) is 54.6 Å². The Morgan fingerprint density at radius 2 is 1.00 bits per heavy atom. The molecule has 0 spiro atoms. The first-order chi connectivity index (χ1) is 30.9. The van der Waals surface area contributed by atoms with Gasteiger partial charge in [0.25, 0.3) is 0 Å². The molecule has 0 saturated carbocycles. The minimum Gasteiger partial charge on any atom is -0.456 e. The molecule has 2 saturated heterocycles. The molecule has 4 heterocycles. The van der Waals surface area contributed by atoms with Crippen LogP contribution in [0.25, 0.3) is 22.8 Å². The van der Waals surface area contributed by atoms with Crippen molar-refractivity contribution in [1.29, 1.82) is 0 Å². The van der Waals surface area contributed by atoms with E-state index in [2.05, 4.69) is 46.6 Å². The number of carbonyl (C=O) groups excluding carboxylic acids is 1. The number of halogens is 1. The number of aryl methyl sites for hydroxylation is 4. The number of tetrazole rings is 2. The number of aromatic amines is 2. The van der Waals surface area contributed by atoms with E-state index in [1.807, 2.05) is 64.1 Å². The molecule has 0 radical (unpaired) electrons. The van der Waals surface area contributed by atoms with Crippen LogP contribution in [0.4, 0.5) is 4.79 Å². The minimum absolute atomic E-state index is 0. The van der Waals surface area contributed by atoms with Gasteiger partial charge in [-0.1, -0.05) is 12.1 Å². The standard InChI is InChI=1S/C24H30N6O5S.C19H22N6O3S.ClH/c1-16-12-17(2)14-19(13-16)34-20-7-6-18(22-25-27-28-26-22)15-21(20)36(32,33)30-10-8-29(9-11-30)23(31)35-24(3,4)5;1-13-9-14(2)11-16(10-13)28-17-4-3-15(19-21-23-24-22-19)12-18(17)29(26,27)25-7-5-20-6-8-25;/h6-7,12-15H,8-11H2,1-5H3,(H,25,26,27,28);3-4,9-12,20H,5-8H2,1-2H3,(H,21,22,23,24);1H. The molecular weight excluding hydrogens is 912 g/mol. The lowest BCUT2D eigenvalue weighted by Gasteiger charge is -2.35. The number of piperazine rings is 2. The number of hydrogen-bond donors (Lipinski definition) is 3. The predicted octanol–water partition coefficient (Wildman–Crippen LogP) is 5.81. The Balaban J connectivity index is 0.000000220. The first-order valence-electron chi connectivity index (χ1n) is 20.8. The molecule has 0 atom stereocenters. The Labute approximate surface area is 389 Å². The van der Waals surface area contributed by atoms with Gasteiger partial charge in [-0.15, -0.1) is 32.8 Å². The molecule has 2 aliphatic heterocycles. The van der Waals surface area contributed by atoms with Crippen LogP contribution >= 0.6 is 12.4 Å². The number of nitrogens with zero attached hydrogens (tertiary/aromatic N) is 9. The van der Waals surface area contributed by atoms with Gasteiger partial charge < -0.3 is 24.4 Å². The summed E-state index contributed by atoms with van der Waals surface area (Å²) in [6, 6.07) is 21.1. The molecule has 4 aromatic carbocycles. The molecule has 20 nitrogen and oxygen atoms in total. The van der Waals surface area contributed by atoms with Crippen LogP contribution in [0.1, 0.15) is 43.0 Å². The van der Waals surface area contributed by atoms with Crippen LogP contribution in [-0.4, -0.2) is 136 Å². The molecule has 0 bridgehead atoms. The van der Waals surface area contributed by atoms with E-state index in [1.54, 1.807) is 51.1 Å². The second kappa shape index (κ2) is 20.6. The highest BCUT2D eigenvalue weighted by atomic mass is 35.5. The van der Waals surface area contributed by atoms with Gasteiger partial charge in [-0.3, -0.25) is 0 Å². The zero-order valence-electron chi connectivity index (χ0n) is 37.6. The van der Waals surface area contributed by atoms with Gasteiger partial charge in [-0.25, -0.2) is 21.6 Å². The number of carbonyl (C=O) groups is 1. The molecule has 0 aliphatic carbocycles. The van der Waals surface area contributed by atoms with Crippen molar-refractivity contribution < 1.29 is 35.8 Å². The van der Waals surface area contributed by atoms with Crippen LogP contribution in [0.3, 0.4) is 0 Å². The molecule has 3 N–H and O–H groups in total. The third kappa shape index (κ3) is 12.0. The van der Waals surface area contributed by atoms with Crippen molar-refractivity contribution in [3.05, 3.63) is 95.1 Å². The van der Waals surface area contributed by atoms with Gasteiger partial charge in [0.2, 0.25) is 31.7 Å². The first kappa shape index (κ1) is 49.4. The van der Waals surface area contributed by atoms with Crippen molar-refractivity contribution in [2.75, 3.05) is 52.4 Å². The summed E-state index contributed by atoms with van der Waals surface area (Å²) >= 11 is 0. The van der Waals surface area contributed by atoms with Gasteiger partial charge in [-0.2, -0.15) is 19.0 Å². The smallest absolute Gasteiger partial charge is 0.410 e. The summed E-state index contributed by atoms with van der Waals surface area (Å²) in [7, 11) is -7.75. The van der Waals surface area contributed by atoms with Crippen LogP contribution in [-0.2, 0) is 24.8 Å². The summed E-state index contributed by atoms with van der Waals surface area (Å²) in [5.41, 5.74) is 4.45. The number of aromatic nitrogens is 8. The maximum absolute atomic E-state index is 13.8. The SMILES string of the molecule is Cc1cc(C)cc(Oc2ccc(-c3nn[nH]n3)cc2S(=O)(=O)N2CCN(C(=O)OC(C)(C)C)CC2)c1.Cc1cc(C)cc(Oc2ccc(-c3nn[nH]n3)cc2S(=O)(=O)N2CCNCC2)c1.Cl. The number of ether oxygens (including phenoxy) is 3. The lowest BCUT2D eigenvalue weighted by atomic mass is 10.1. The molecule has 352 valence electrons. The Kier molecular flexibility index (Phi) is 15.4. The Morgan fingerprint density at radius 3 is 1.38 bits per heavy atom. The lowest BCUT2D eigenvalue weighted by molar-refractivity contribution is 0.0192. The van der Waals surface area contributed by atoms with E-state index in [-0.39, 0.29) is 65.7 Å². The Morgan fingerprint density at radius 1 is 0.591 bits per heavy atom. The van der Waals surface area contributed by atoms with Crippen molar-refractivity contribution in [3.8, 4) is 45.8 Å². The fourth-order valence-corrected chi connectivity index (χ4v) is 10.4.